The molecular formula is C15H23N3O. The maximum Gasteiger partial charge on any atom is 0.237 e. The average Bonchev–Trinajstić information content (AvgIpc) is 2.98. The van der Waals surface area contributed by atoms with Gasteiger partial charge in [-0.3, -0.25) is 4.79 Å². The summed E-state index contributed by atoms with van der Waals surface area (Å²) in [6.45, 7) is 2.66. The quantitative estimate of drug-likeness (QED) is 0.760. The van der Waals surface area contributed by atoms with Gasteiger partial charge in [-0.1, -0.05) is 18.2 Å². The molecule has 1 aromatic rings. The van der Waals surface area contributed by atoms with Crippen molar-refractivity contribution in [3.63, 3.8) is 0 Å². The number of nitrogens with zero attached hydrogens (tertiary/aromatic N) is 1. The smallest absolute Gasteiger partial charge is 0.237 e. The summed E-state index contributed by atoms with van der Waals surface area (Å²) in [4.78, 5) is 14.0. The highest BCUT2D eigenvalue weighted by Crippen LogP contribution is 2.10. The Kier molecular flexibility index (Phi) is 5.21. The van der Waals surface area contributed by atoms with Crippen LogP contribution in [0.1, 0.15) is 19.3 Å². The monoisotopic (exact) mass is 261 g/mol. The summed E-state index contributed by atoms with van der Waals surface area (Å²) in [5, 5.41) is 6.21. The molecule has 104 valence electrons. The maximum absolute atomic E-state index is 11.8. The van der Waals surface area contributed by atoms with Crippen LogP contribution in [0.25, 0.3) is 0 Å². The van der Waals surface area contributed by atoms with Gasteiger partial charge in [0.05, 0.1) is 6.04 Å². The second-order valence-electron chi connectivity index (χ2n) is 5.05. The van der Waals surface area contributed by atoms with Crippen molar-refractivity contribution in [2.45, 2.75) is 25.3 Å². The number of nitrogens with one attached hydrogen (secondary N) is 2. The maximum atomic E-state index is 11.8. The Morgan fingerprint density at radius 1 is 1.42 bits per heavy atom. The molecule has 19 heavy (non-hydrogen) atoms. The van der Waals surface area contributed by atoms with Crippen LogP contribution in [0.15, 0.2) is 30.3 Å². The van der Waals surface area contributed by atoms with Gasteiger partial charge >= 0.3 is 0 Å². The molecule has 1 aromatic carbocycles. The third-order valence-corrected chi connectivity index (χ3v) is 3.54. The highest BCUT2D eigenvalue weighted by Gasteiger charge is 2.21. The molecule has 0 spiro atoms. The van der Waals surface area contributed by atoms with Crippen molar-refractivity contribution < 1.29 is 4.79 Å². The van der Waals surface area contributed by atoms with Gasteiger partial charge in [-0.25, -0.2) is 0 Å². The van der Waals surface area contributed by atoms with Crippen LogP contribution >= 0.6 is 0 Å². The second kappa shape index (κ2) is 7.14. The van der Waals surface area contributed by atoms with Gasteiger partial charge in [0, 0.05) is 25.8 Å². The number of carbonyl (C=O) groups excluding carboxylic acids is 1. The summed E-state index contributed by atoms with van der Waals surface area (Å²) >= 11 is 0. The molecule has 4 nitrogen and oxygen atoms in total. The predicted octanol–water partition coefficient (Wildman–Crippen LogP) is 1.38. The number of anilines is 1. The summed E-state index contributed by atoms with van der Waals surface area (Å²) in [6.07, 6.45) is 3.04. The molecule has 0 aliphatic carbocycles. The van der Waals surface area contributed by atoms with Crippen molar-refractivity contribution in [2.75, 3.05) is 31.6 Å². The molecule has 0 radical (unpaired) electrons. The molecule has 4 heteroatoms. The van der Waals surface area contributed by atoms with E-state index >= 15 is 0 Å². The Labute approximate surface area is 115 Å². The van der Waals surface area contributed by atoms with Gasteiger partial charge in [0.2, 0.25) is 5.91 Å². The molecule has 2 rings (SSSR count). The molecule has 0 aromatic heterocycles. The molecule has 0 bridgehead atoms. The molecule has 2 N–H and O–H groups in total. The van der Waals surface area contributed by atoms with Crippen molar-refractivity contribution in [1.29, 1.82) is 0 Å². The first-order valence-electron chi connectivity index (χ1n) is 7.04. The van der Waals surface area contributed by atoms with E-state index in [0.717, 1.165) is 38.9 Å². The largest absolute Gasteiger partial charge is 0.375 e. The zero-order chi connectivity index (χ0) is 13.5. The topological polar surface area (TPSA) is 44.4 Å². The van der Waals surface area contributed by atoms with E-state index in [4.69, 9.17) is 0 Å². The molecule has 1 aliphatic rings. The summed E-state index contributed by atoms with van der Waals surface area (Å²) < 4.78 is 0. The molecule has 1 atom stereocenters. The number of rotatable bonds is 6. The lowest BCUT2D eigenvalue weighted by Crippen LogP contribution is -2.41. The van der Waals surface area contributed by atoms with Gasteiger partial charge in [-0.2, -0.15) is 0 Å². The van der Waals surface area contributed by atoms with Crippen LogP contribution in [0, 0.1) is 0 Å². The van der Waals surface area contributed by atoms with E-state index < -0.39 is 0 Å². The molecule has 0 unspecified atom stereocenters. The highest BCUT2D eigenvalue weighted by atomic mass is 16.2. The molecule has 1 aliphatic heterocycles. The van der Waals surface area contributed by atoms with Crippen molar-refractivity contribution in [3.05, 3.63) is 30.3 Å². The van der Waals surface area contributed by atoms with Gasteiger partial charge in [-0.15, -0.1) is 0 Å². The molecule has 1 amide bonds. The fourth-order valence-electron chi connectivity index (χ4n) is 2.37. The van der Waals surface area contributed by atoms with E-state index in [0.29, 0.717) is 0 Å². The van der Waals surface area contributed by atoms with Gasteiger partial charge in [0.1, 0.15) is 0 Å². The summed E-state index contributed by atoms with van der Waals surface area (Å²) in [5.41, 5.74) is 1.21. The van der Waals surface area contributed by atoms with Crippen LogP contribution in [-0.4, -0.2) is 38.6 Å². The summed E-state index contributed by atoms with van der Waals surface area (Å²) in [6, 6.07) is 10.3. The number of benzene rings is 1. The zero-order valence-electron chi connectivity index (χ0n) is 11.6. The normalized spacial score (nSPS) is 18.3. The van der Waals surface area contributed by atoms with Gasteiger partial charge in [-0.05, 0) is 37.9 Å². The van der Waals surface area contributed by atoms with Crippen LogP contribution in [0.3, 0.4) is 0 Å². The first-order chi connectivity index (χ1) is 9.27. The zero-order valence-corrected chi connectivity index (χ0v) is 11.6. The summed E-state index contributed by atoms with van der Waals surface area (Å²) in [5.74, 6) is 0.153. The lowest BCUT2D eigenvalue weighted by molar-refractivity contribution is -0.122. The van der Waals surface area contributed by atoms with Crippen LogP contribution < -0.4 is 15.5 Å². The van der Waals surface area contributed by atoms with Crippen LogP contribution in [-0.2, 0) is 4.79 Å². The Morgan fingerprint density at radius 2 is 2.21 bits per heavy atom. The Balaban J connectivity index is 1.62. The van der Waals surface area contributed by atoms with E-state index in [1.807, 2.05) is 18.2 Å². The molecule has 1 fully saturated rings. The lowest BCUT2D eigenvalue weighted by atomic mass is 10.2. The number of carbonyl (C=O) groups is 1. The molecule has 0 saturated carbocycles. The minimum Gasteiger partial charge on any atom is -0.375 e. The highest BCUT2D eigenvalue weighted by molar-refractivity contribution is 5.81. The number of hydrogen-bond donors (Lipinski definition) is 2. The third kappa shape index (κ3) is 4.24. The van der Waals surface area contributed by atoms with Crippen molar-refractivity contribution in [1.82, 2.24) is 10.6 Å². The fraction of sp³-hybridized carbons (Fsp3) is 0.533. The molecular weight excluding hydrogens is 238 g/mol. The Bertz CT molecular complexity index is 388. The van der Waals surface area contributed by atoms with E-state index in [2.05, 4.69) is 34.7 Å². The van der Waals surface area contributed by atoms with Crippen LogP contribution in [0.4, 0.5) is 5.69 Å². The first-order valence-corrected chi connectivity index (χ1v) is 7.04. The van der Waals surface area contributed by atoms with Crippen molar-refractivity contribution in [2.24, 2.45) is 0 Å². The fourth-order valence-corrected chi connectivity index (χ4v) is 2.37. The Hall–Kier alpha value is -1.55. The average molecular weight is 261 g/mol. The lowest BCUT2D eigenvalue weighted by Gasteiger charge is -2.19. The predicted molar refractivity (Wildman–Crippen MR) is 78.4 cm³/mol. The minimum atomic E-state index is 0.0341. The van der Waals surface area contributed by atoms with E-state index in [-0.39, 0.29) is 11.9 Å². The molecule has 1 heterocycles. The van der Waals surface area contributed by atoms with Gasteiger partial charge in [0.25, 0.3) is 0 Å². The second-order valence-corrected chi connectivity index (χ2v) is 5.05. The molecule has 1 saturated heterocycles. The first kappa shape index (κ1) is 13.9. The number of hydrogen-bond acceptors (Lipinski definition) is 3. The van der Waals surface area contributed by atoms with E-state index in [9.17, 15) is 4.79 Å². The number of amides is 1. The van der Waals surface area contributed by atoms with Crippen LogP contribution in [0.2, 0.25) is 0 Å². The third-order valence-electron chi connectivity index (χ3n) is 3.54. The van der Waals surface area contributed by atoms with E-state index in [1.165, 1.54) is 5.69 Å². The standard InChI is InChI=1S/C15H23N3O/c1-18(13-7-3-2-4-8-13)12-6-11-17-15(19)14-9-5-10-16-14/h2-4,7-8,14,16H,5-6,9-12H2,1H3,(H,17,19)/t14-/m1/s1. The SMILES string of the molecule is CN(CCCNC(=O)[C@H]1CCCN1)c1ccccc1. The minimum absolute atomic E-state index is 0.0341. The van der Waals surface area contributed by atoms with Crippen molar-refractivity contribution in [3.8, 4) is 0 Å². The van der Waals surface area contributed by atoms with Crippen LogP contribution in [0.5, 0.6) is 0 Å². The Morgan fingerprint density at radius 3 is 2.89 bits per heavy atom. The van der Waals surface area contributed by atoms with Gasteiger partial charge in [0.15, 0.2) is 0 Å². The van der Waals surface area contributed by atoms with Crippen molar-refractivity contribution >= 4 is 11.6 Å². The van der Waals surface area contributed by atoms with Gasteiger partial charge < -0.3 is 15.5 Å². The summed E-state index contributed by atoms with van der Waals surface area (Å²) in [7, 11) is 2.08. The van der Waals surface area contributed by atoms with E-state index in [1.54, 1.807) is 0 Å². The number of para-hydroxylation sites is 1.